The number of hydrogen-bond acceptors (Lipinski definition) is 4. The second-order valence-corrected chi connectivity index (χ2v) is 4.87. The molecule has 0 amide bonds. The molecule has 1 aromatic carbocycles. The van der Waals surface area contributed by atoms with E-state index in [2.05, 4.69) is 15.4 Å². The maximum Gasteiger partial charge on any atom is 0.133 e. The van der Waals surface area contributed by atoms with Gasteiger partial charge in [-0.25, -0.2) is 4.98 Å². The lowest BCUT2D eigenvalue weighted by molar-refractivity contribution is 0.415. The van der Waals surface area contributed by atoms with E-state index in [1.807, 2.05) is 54.5 Å². The van der Waals surface area contributed by atoms with Crippen LogP contribution in [0.1, 0.15) is 5.69 Å². The van der Waals surface area contributed by atoms with E-state index in [-0.39, 0.29) is 0 Å². The van der Waals surface area contributed by atoms with Crippen LogP contribution in [-0.2, 0) is 13.5 Å². The van der Waals surface area contributed by atoms with Crippen molar-refractivity contribution >= 4 is 16.6 Å². The van der Waals surface area contributed by atoms with Crippen LogP contribution >= 0.6 is 0 Å². The van der Waals surface area contributed by atoms with Crippen LogP contribution in [0.5, 0.6) is 5.75 Å². The largest absolute Gasteiger partial charge is 0.497 e. The van der Waals surface area contributed by atoms with E-state index in [1.54, 1.807) is 7.11 Å². The second kappa shape index (κ2) is 5.83. The highest BCUT2D eigenvalue weighted by molar-refractivity contribution is 5.92. The monoisotopic (exact) mass is 282 g/mol. The summed E-state index contributed by atoms with van der Waals surface area (Å²) < 4.78 is 7.15. The molecule has 0 spiro atoms. The number of hydrogen-bond donors (Lipinski definition) is 1. The number of anilines is 1. The molecule has 0 aliphatic rings. The molecule has 2 aromatic heterocycles. The molecule has 2 heterocycles. The predicted octanol–water partition coefficient (Wildman–Crippen LogP) is 2.63. The van der Waals surface area contributed by atoms with Crippen molar-refractivity contribution < 1.29 is 4.74 Å². The van der Waals surface area contributed by atoms with Crippen LogP contribution in [0.4, 0.5) is 5.82 Å². The van der Waals surface area contributed by atoms with Crippen molar-refractivity contribution in [3.05, 3.63) is 48.4 Å². The zero-order valence-corrected chi connectivity index (χ0v) is 12.2. The molecule has 0 bridgehead atoms. The van der Waals surface area contributed by atoms with Gasteiger partial charge in [0.1, 0.15) is 11.6 Å². The number of aryl methyl sites for hydroxylation is 1. The summed E-state index contributed by atoms with van der Waals surface area (Å²) in [6, 6.07) is 10.0. The van der Waals surface area contributed by atoms with E-state index in [9.17, 15) is 0 Å². The normalized spacial score (nSPS) is 10.8. The number of fused-ring (bicyclic) bond motifs is 1. The van der Waals surface area contributed by atoms with Gasteiger partial charge < -0.3 is 10.1 Å². The lowest BCUT2D eigenvalue weighted by Crippen LogP contribution is -2.09. The first-order chi connectivity index (χ1) is 10.3. The molecule has 0 radical (unpaired) electrons. The molecule has 3 rings (SSSR count). The summed E-state index contributed by atoms with van der Waals surface area (Å²) in [6.45, 7) is 0.817. The van der Waals surface area contributed by atoms with E-state index in [1.165, 1.54) is 5.69 Å². The van der Waals surface area contributed by atoms with Gasteiger partial charge in [0, 0.05) is 43.5 Å². The number of nitrogens with one attached hydrogen (secondary N) is 1. The minimum Gasteiger partial charge on any atom is -0.497 e. The highest BCUT2D eigenvalue weighted by atomic mass is 16.5. The number of nitrogens with zero attached hydrogens (tertiary/aromatic N) is 3. The fourth-order valence-corrected chi connectivity index (χ4v) is 2.38. The first kappa shape index (κ1) is 13.4. The molecule has 21 heavy (non-hydrogen) atoms. The number of benzene rings is 1. The number of pyridine rings is 1. The summed E-state index contributed by atoms with van der Waals surface area (Å²) in [5.74, 6) is 1.76. The van der Waals surface area contributed by atoms with Crippen LogP contribution in [0, 0.1) is 0 Å². The first-order valence-corrected chi connectivity index (χ1v) is 6.91. The predicted molar refractivity (Wildman–Crippen MR) is 83.7 cm³/mol. The molecule has 3 aromatic rings. The molecule has 0 aliphatic carbocycles. The minimum absolute atomic E-state index is 0.817. The van der Waals surface area contributed by atoms with E-state index in [4.69, 9.17) is 4.74 Å². The molecule has 5 heteroatoms. The van der Waals surface area contributed by atoms with Crippen LogP contribution in [0.3, 0.4) is 0 Å². The SMILES string of the molecule is COc1ccc2c(NCCc3ccnn3C)nccc2c1. The van der Waals surface area contributed by atoms with Crippen molar-refractivity contribution in [2.75, 3.05) is 19.0 Å². The maximum absolute atomic E-state index is 5.25. The number of ether oxygens (including phenoxy) is 1. The van der Waals surface area contributed by atoms with Gasteiger partial charge in [-0.05, 0) is 35.7 Å². The van der Waals surface area contributed by atoms with Crippen LogP contribution in [0.2, 0.25) is 0 Å². The third kappa shape index (κ3) is 2.81. The van der Waals surface area contributed by atoms with Gasteiger partial charge in [0.2, 0.25) is 0 Å². The van der Waals surface area contributed by atoms with Crippen molar-refractivity contribution in [1.82, 2.24) is 14.8 Å². The third-order valence-corrected chi connectivity index (χ3v) is 3.57. The second-order valence-electron chi connectivity index (χ2n) is 4.87. The van der Waals surface area contributed by atoms with Crippen LogP contribution in [0.25, 0.3) is 10.8 Å². The molecule has 0 atom stereocenters. The number of rotatable bonds is 5. The Labute approximate surface area is 123 Å². The average molecular weight is 282 g/mol. The third-order valence-electron chi connectivity index (χ3n) is 3.57. The highest BCUT2D eigenvalue weighted by Gasteiger charge is 2.04. The van der Waals surface area contributed by atoms with E-state index >= 15 is 0 Å². The van der Waals surface area contributed by atoms with Crippen LogP contribution in [-0.4, -0.2) is 28.4 Å². The number of methoxy groups -OCH3 is 1. The zero-order valence-electron chi connectivity index (χ0n) is 12.2. The van der Waals surface area contributed by atoms with Crippen molar-refractivity contribution in [3.63, 3.8) is 0 Å². The van der Waals surface area contributed by atoms with Gasteiger partial charge in [0.25, 0.3) is 0 Å². The molecule has 0 fully saturated rings. The van der Waals surface area contributed by atoms with Gasteiger partial charge in [0.05, 0.1) is 7.11 Å². The Morgan fingerprint density at radius 2 is 2.10 bits per heavy atom. The fraction of sp³-hybridized carbons (Fsp3) is 0.250. The van der Waals surface area contributed by atoms with Gasteiger partial charge >= 0.3 is 0 Å². The summed E-state index contributed by atoms with van der Waals surface area (Å²) >= 11 is 0. The molecule has 0 aliphatic heterocycles. The van der Waals surface area contributed by atoms with Crippen molar-refractivity contribution in [3.8, 4) is 5.75 Å². The first-order valence-electron chi connectivity index (χ1n) is 6.91. The van der Waals surface area contributed by atoms with Gasteiger partial charge in [0.15, 0.2) is 0 Å². The molecule has 0 unspecified atom stereocenters. The highest BCUT2D eigenvalue weighted by Crippen LogP contribution is 2.25. The average Bonchev–Trinajstić information content (AvgIpc) is 2.92. The summed E-state index contributed by atoms with van der Waals surface area (Å²) in [4.78, 5) is 4.43. The van der Waals surface area contributed by atoms with Crippen molar-refractivity contribution in [1.29, 1.82) is 0 Å². The molecule has 0 saturated heterocycles. The summed E-state index contributed by atoms with van der Waals surface area (Å²) in [5.41, 5.74) is 1.20. The Balaban J connectivity index is 1.76. The quantitative estimate of drug-likeness (QED) is 0.781. The van der Waals surface area contributed by atoms with Gasteiger partial charge in [-0.3, -0.25) is 4.68 Å². The Hall–Kier alpha value is -2.56. The van der Waals surface area contributed by atoms with E-state index in [0.717, 1.165) is 35.3 Å². The number of aromatic nitrogens is 3. The summed E-state index contributed by atoms with van der Waals surface area (Å²) in [5, 5.41) is 9.79. The smallest absolute Gasteiger partial charge is 0.133 e. The van der Waals surface area contributed by atoms with Gasteiger partial charge in [-0.15, -0.1) is 0 Å². The van der Waals surface area contributed by atoms with Gasteiger partial charge in [-0.1, -0.05) is 0 Å². The van der Waals surface area contributed by atoms with Crippen molar-refractivity contribution in [2.45, 2.75) is 6.42 Å². The summed E-state index contributed by atoms with van der Waals surface area (Å²) in [7, 11) is 3.63. The molecular formula is C16H18N4O. The fourth-order valence-electron chi connectivity index (χ4n) is 2.38. The standard InChI is InChI=1S/C16H18N4O/c1-20-13(7-10-19-20)6-9-18-16-15-4-3-14(21-2)11-12(15)5-8-17-16/h3-5,7-8,10-11H,6,9H2,1-2H3,(H,17,18). The zero-order chi connectivity index (χ0) is 14.7. The molecule has 0 saturated carbocycles. The Morgan fingerprint density at radius 3 is 2.86 bits per heavy atom. The van der Waals surface area contributed by atoms with Crippen LogP contribution in [0.15, 0.2) is 42.7 Å². The Morgan fingerprint density at radius 1 is 1.19 bits per heavy atom. The molecular weight excluding hydrogens is 264 g/mol. The maximum atomic E-state index is 5.25. The Kier molecular flexibility index (Phi) is 3.73. The Bertz CT molecular complexity index is 751. The van der Waals surface area contributed by atoms with Crippen molar-refractivity contribution in [2.24, 2.45) is 7.05 Å². The summed E-state index contributed by atoms with van der Waals surface area (Å²) in [6.07, 6.45) is 4.54. The lowest BCUT2D eigenvalue weighted by Gasteiger charge is -2.09. The van der Waals surface area contributed by atoms with Crippen LogP contribution < -0.4 is 10.1 Å². The minimum atomic E-state index is 0.817. The van der Waals surface area contributed by atoms with Gasteiger partial charge in [-0.2, -0.15) is 5.10 Å². The molecule has 108 valence electrons. The lowest BCUT2D eigenvalue weighted by atomic mass is 10.1. The van der Waals surface area contributed by atoms with E-state index in [0.29, 0.717) is 0 Å². The molecule has 1 N–H and O–H groups in total. The topological polar surface area (TPSA) is 52.0 Å². The molecule has 5 nitrogen and oxygen atoms in total. The van der Waals surface area contributed by atoms with E-state index < -0.39 is 0 Å².